The Morgan fingerprint density at radius 2 is 0.771 bits per heavy atom. The molecule has 2 unspecified atom stereocenters. The quantitative estimate of drug-likeness (QED) is 0.0195. The second-order valence-electron chi connectivity index (χ2n) is 21.6. The fourth-order valence-electron chi connectivity index (χ4n) is 8.80. The number of aliphatic carboxylic acids is 1. The Bertz CT molecular complexity index is 1200. The van der Waals surface area contributed by atoms with Gasteiger partial charge in [0.2, 0.25) is 0 Å². The van der Waals surface area contributed by atoms with E-state index in [1.165, 1.54) is 218 Å². The Kier molecular flexibility index (Phi) is 51.4. The molecule has 0 rings (SSSR count). The van der Waals surface area contributed by atoms with E-state index in [-0.39, 0.29) is 32.2 Å². The van der Waals surface area contributed by atoms with E-state index < -0.39 is 24.3 Å². The maximum atomic E-state index is 12.8. The number of carboxylic acid groups (broad SMARTS) is 1. The molecular weight excluding hydrogens is 875 g/mol. The molecule has 0 spiro atoms. The van der Waals surface area contributed by atoms with Gasteiger partial charge in [-0.1, -0.05) is 256 Å². The Labute approximate surface area is 433 Å². The second kappa shape index (κ2) is 53.1. The van der Waals surface area contributed by atoms with Crippen LogP contribution in [0, 0.1) is 0 Å². The highest BCUT2D eigenvalue weighted by Gasteiger charge is 2.22. The Hall–Kier alpha value is -2.23. The minimum absolute atomic E-state index is 0.151. The first-order chi connectivity index (χ1) is 34.1. The normalized spacial score (nSPS) is 12.9. The average molecular weight is 991 g/mol. The van der Waals surface area contributed by atoms with Crippen LogP contribution in [0.25, 0.3) is 0 Å². The van der Waals surface area contributed by atoms with Crippen LogP contribution in [-0.4, -0.2) is 82.3 Å². The molecule has 0 fully saturated rings. The molecule has 9 nitrogen and oxygen atoms in total. The van der Waals surface area contributed by atoms with E-state index in [1.54, 1.807) is 0 Å². The van der Waals surface area contributed by atoms with E-state index >= 15 is 0 Å². The van der Waals surface area contributed by atoms with Gasteiger partial charge in [-0.15, -0.1) is 0 Å². The molecule has 0 aliphatic rings. The summed E-state index contributed by atoms with van der Waals surface area (Å²) >= 11 is 0. The number of nitrogens with zero attached hydrogens (tertiary/aromatic N) is 1. The standard InChI is InChI=1S/C61H115NO8/c1-6-8-10-12-14-16-18-20-21-22-23-24-25-26-27-28-29-30-31-32-33-34-35-36-37-38-39-40-42-44-46-48-50-52-59(64)70-57(56-69-61(60(65)66)67-54-53-62(3,4)5)55-68-58(63)51-49-47-45-43-41-19-17-15-13-11-9-7-2/h18,20,22-23,57,61H,6-17,19,21,24-56H2,1-5H3/b20-18-,23-22-. The predicted molar refractivity (Wildman–Crippen MR) is 293 cm³/mol. The zero-order chi connectivity index (χ0) is 51.3. The minimum atomic E-state index is -1.62. The number of esters is 2. The maximum Gasteiger partial charge on any atom is 0.306 e. The summed E-state index contributed by atoms with van der Waals surface area (Å²) in [5, 5.41) is 11.7. The third-order valence-electron chi connectivity index (χ3n) is 13.5. The van der Waals surface area contributed by atoms with Crippen molar-refractivity contribution in [1.82, 2.24) is 0 Å². The third-order valence-corrected chi connectivity index (χ3v) is 13.5. The van der Waals surface area contributed by atoms with Crippen molar-refractivity contribution in [3.8, 4) is 0 Å². The molecule has 0 amide bonds. The van der Waals surface area contributed by atoms with Crippen molar-refractivity contribution in [2.75, 3.05) is 47.5 Å². The summed E-state index contributed by atoms with van der Waals surface area (Å²) in [7, 11) is 5.93. The summed E-state index contributed by atoms with van der Waals surface area (Å²) in [6.45, 7) is 4.77. The molecule has 9 heteroatoms. The summed E-state index contributed by atoms with van der Waals surface area (Å²) in [6, 6.07) is 0. The van der Waals surface area contributed by atoms with Crippen LogP contribution in [0.4, 0.5) is 0 Å². The average Bonchev–Trinajstić information content (AvgIpc) is 3.33. The molecule has 0 radical (unpaired) electrons. The molecule has 0 bridgehead atoms. The monoisotopic (exact) mass is 990 g/mol. The second-order valence-corrected chi connectivity index (χ2v) is 21.6. The highest BCUT2D eigenvalue weighted by molar-refractivity contribution is 5.70. The maximum absolute atomic E-state index is 12.8. The van der Waals surface area contributed by atoms with Crippen LogP contribution in [0.1, 0.15) is 290 Å². The van der Waals surface area contributed by atoms with Gasteiger partial charge in [0.15, 0.2) is 12.4 Å². The molecule has 0 aliphatic carbocycles. The molecule has 0 N–H and O–H groups in total. The van der Waals surface area contributed by atoms with E-state index in [1.807, 2.05) is 21.1 Å². The molecule has 0 aromatic rings. The van der Waals surface area contributed by atoms with Crippen LogP contribution in [0.2, 0.25) is 0 Å². The van der Waals surface area contributed by atoms with Gasteiger partial charge in [0, 0.05) is 12.8 Å². The van der Waals surface area contributed by atoms with Gasteiger partial charge in [-0.2, -0.15) is 0 Å². The van der Waals surface area contributed by atoms with Gasteiger partial charge < -0.3 is 33.3 Å². The van der Waals surface area contributed by atoms with Crippen LogP contribution in [-0.2, 0) is 33.3 Å². The van der Waals surface area contributed by atoms with Crippen molar-refractivity contribution in [3.05, 3.63) is 24.3 Å². The van der Waals surface area contributed by atoms with Gasteiger partial charge in [0.25, 0.3) is 0 Å². The fraction of sp³-hybridized carbons (Fsp3) is 0.885. The zero-order valence-electron chi connectivity index (χ0n) is 46.9. The largest absolute Gasteiger partial charge is 0.545 e. The van der Waals surface area contributed by atoms with E-state index in [4.69, 9.17) is 18.9 Å². The number of quaternary nitrogens is 1. The number of allylic oxidation sites excluding steroid dienone is 4. The van der Waals surface area contributed by atoms with Gasteiger partial charge >= 0.3 is 11.9 Å². The summed E-state index contributed by atoms with van der Waals surface area (Å²) < 4.78 is 22.7. The summed E-state index contributed by atoms with van der Waals surface area (Å²) in [6.07, 6.45) is 59.6. The van der Waals surface area contributed by atoms with Crippen LogP contribution in [0.15, 0.2) is 24.3 Å². The topological polar surface area (TPSA) is 111 Å². The Morgan fingerprint density at radius 3 is 1.13 bits per heavy atom. The lowest BCUT2D eigenvalue weighted by Gasteiger charge is -2.26. The highest BCUT2D eigenvalue weighted by Crippen LogP contribution is 2.17. The molecule has 0 aliphatic heterocycles. The predicted octanol–water partition coefficient (Wildman–Crippen LogP) is 16.2. The fourth-order valence-corrected chi connectivity index (χ4v) is 8.80. The van der Waals surface area contributed by atoms with Crippen molar-refractivity contribution < 1.29 is 42.9 Å². The molecule has 2 atom stereocenters. The first-order valence-electron chi connectivity index (χ1n) is 30.0. The number of ether oxygens (including phenoxy) is 4. The summed E-state index contributed by atoms with van der Waals surface area (Å²) in [4.78, 5) is 37.2. The van der Waals surface area contributed by atoms with Crippen molar-refractivity contribution in [3.63, 3.8) is 0 Å². The van der Waals surface area contributed by atoms with Crippen LogP contribution < -0.4 is 5.11 Å². The molecular formula is C61H115NO8. The SMILES string of the molecule is CCCCCCC/C=C\C/C=C\CCCCCCCCCCCCCCCCCCCCCCCC(=O)OC(COC(=O)CCCCCCCCCCCCCC)COC(OCC[N+](C)(C)C)C(=O)[O-]. The van der Waals surface area contributed by atoms with Crippen molar-refractivity contribution in [2.24, 2.45) is 0 Å². The van der Waals surface area contributed by atoms with Gasteiger partial charge in [0.05, 0.1) is 40.3 Å². The molecule has 412 valence electrons. The lowest BCUT2D eigenvalue weighted by molar-refractivity contribution is -0.870. The number of carbonyl (C=O) groups is 3. The number of unbranched alkanes of at least 4 members (excludes halogenated alkanes) is 37. The first kappa shape index (κ1) is 67.8. The van der Waals surface area contributed by atoms with Crippen LogP contribution in [0.5, 0.6) is 0 Å². The molecule has 0 aromatic heterocycles. The molecule has 0 saturated carbocycles. The van der Waals surface area contributed by atoms with Gasteiger partial charge in [-0.3, -0.25) is 9.59 Å². The van der Waals surface area contributed by atoms with E-state index in [2.05, 4.69) is 38.2 Å². The van der Waals surface area contributed by atoms with Crippen molar-refractivity contribution in [2.45, 2.75) is 302 Å². The first-order valence-corrected chi connectivity index (χ1v) is 30.0. The number of carboxylic acids is 1. The van der Waals surface area contributed by atoms with Crippen molar-refractivity contribution in [1.29, 1.82) is 0 Å². The van der Waals surface area contributed by atoms with E-state index in [0.717, 1.165) is 44.9 Å². The number of rotatable bonds is 56. The van der Waals surface area contributed by atoms with Gasteiger partial charge in [-0.05, 0) is 44.9 Å². The van der Waals surface area contributed by atoms with Crippen molar-refractivity contribution >= 4 is 17.9 Å². The van der Waals surface area contributed by atoms with Gasteiger partial charge in [0.1, 0.15) is 13.2 Å². The van der Waals surface area contributed by atoms with E-state index in [0.29, 0.717) is 17.4 Å². The molecule has 0 heterocycles. The van der Waals surface area contributed by atoms with Crippen LogP contribution in [0.3, 0.4) is 0 Å². The minimum Gasteiger partial charge on any atom is -0.545 e. The Morgan fingerprint density at radius 1 is 0.429 bits per heavy atom. The number of carbonyl (C=O) groups excluding carboxylic acids is 3. The lowest BCUT2D eigenvalue weighted by atomic mass is 10.0. The Balaban J connectivity index is 4.01. The van der Waals surface area contributed by atoms with E-state index in [9.17, 15) is 19.5 Å². The molecule has 0 saturated heterocycles. The smallest absolute Gasteiger partial charge is 0.306 e. The molecule has 70 heavy (non-hydrogen) atoms. The van der Waals surface area contributed by atoms with Crippen LogP contribution >= 0.6 is 0 Å². The lowest BCUT2D eigenvalue weighted by Crippen LogP contribution is -2.44. The summed E-state index contributed by atoms with van der Waals surface area (Å²) in [5.41, 5.74) is 0. The number of hydrogen-bond acceptors (Lipinski definition) is 8. The zero-order valence-corrected chi connectivity index (χ0v) is 46.9. The third kappa shape index (κ3) is 53.6. The van der Waals surface area contributed by atoms with Gasteiger partial charge in [-0.25, -0.2) is 0 Å². The number of likely N-dealkylation sites (N-methyl/N-ethyl adjacent to an activating group) is 1. The summed E-state index contributed by atoms with van der Waals surface area (Å²) in [5.74, 6) is -2.26. The number of hydrogen-bond donors (Lipinski definition) is 0. The highest BCUT2D eigenvalue weighted by atomic mass is 16.7. The molecule has 0 aromatic carbocycles.